The van der Waals surface area contributed by atoms with E-state index in [2.05, 4.69) is 148 Å². The van der Waals surface area contributed by atoms with Gasteiger partial charge >= 0.3 is 13.8 Å². The lowest BCUT2D eigenvalue weighted by atomic mass is 10.1. The Hall–Kier alpha value is -3.40. The molecular formula is C54H87O9P. The molecule has 10 heteroatoms. The summed E-state index contributed by atoms with van der Waals surface area (Å²) >= 11 is 0. The second-order valence-corrected chi connectivity index (χ2v) is 16.8. The number of carbonyl (C=O) groups excluding carboxylic acids is 1. The topological polar surface area (TPSA) is 132 Å². The van der Waals surface area contributed by atoms with Crippen LogP contribution in [0.15, 0.2) is 134 Å². The highest BCUT2D eigenvalue weighted by Crippen LogP contribution is 2.43. The van der Waals surface area contributed by atoms with Gasteiger partial charge in [0, 0.05) is 13.0 Å². The maximum atomic E-state index is 12.7. The molecule has 362 valence electrons. The van der Waals surface area contributed by atoms with Crippen LogP contribution in [0.5, 0.6) is 0 Å². The summed E-state index contributed by atoms with van der Waals surface area (Å²) in [5, 5.41) is 18.4. The van der Waals surface area contributed by atoms with Crippen LogP contribution in [-0.2, 0) is 27.9 Å². The minimum Gasteiger partial charge on any atom is -0.457 e. The summed E-state index contributed by atoms with van der Waals surface area (Å²) < 4.78 is 33.4. The molecule has 0 aliphatic carbocycles. The standard InChI is InChI=1S/C54H87O9P/c1-3-5-7-9-11-13-15-17-19-21-23-25-26-27-28-30-32-34-36-38-40-42-44-46-54(57)63-53(51-62-64(58,59)61-49-52(56)48-55)50-60-47-45-43-41-39-37-35-33-31-29-24-22-20-18-16-14-12-10-8-6-4-2/h5-8,11-14,17-20,23-25,27-29,33,35,39,41,52-53,55-56H,3-4,9-10,15-16,21-22,26,30-32,34,36-38,40,42-51H2,1-2H3,(H,58,59)/b7-5-,8-6-,13-11-,14-12-,19-17-,20-18-,25-23-,28-27-,29-24-,35-33-,41-39-. The van der Waals surface area contributed by atoms with Crippen molar-refractivity contribution in [1.29, 1.82) is 0 Å². The van der Waals surface area contributed by atoms with Gasteiger partial charge < -0.3 is 24.6 Å². The number of carbonyl (C=O) groups is 1. The van der Waals surface area contributed by atoms with E-state index in [1.807, 2.05) is 0 Å². The molecule has 0 amide bonds. The number of allylic oxidation sites excluding steroid dienone is 22. The second kappa shape index (κ2) is 49.0. The van der Waals surface area contributed by atoms with E-state index in [1.54, 1.807) is 0 Å². The predicted octanol–water partition coefficient (Wildman–Crippen LogP) is 14.1. The summed E-state index contributed by atoms with van der Waals surface area (Å²) in [7, 11) is -4.55. The number of phosphoric ester groups is 1. The SMILES string of the molecule is CC/C=C\C/C=C\C/C=C\C/C=C\C/C=C\C/C=C\CCCOCC(COP(=O)(O)OCC(O)CO)OC(=O)CCCCCCCCC/C=C\C/C=C\C/C=C\C/C=C\C/C=C\CC. The smallest absolute Gasteiger partial charge is 0.457 e. The molecule has 0 aromatic rings. The second-order valence-electron chi connectivity index (χ2n) is 15.4. The highest BCUT2D eigenvalue weighted by Gasteiger charge is 2.26. The molecule has 9 nitrogen and oxygen atoms in total. The van der Waals surface area contributed by atoms with Crippen molar-refractivity contribution >= 4 is 13.8 Å². The molecule has 0 rings (SSSR count). The number of rotatable bonds is 44. The fourth-order valence-electron chi connectivity index (χ4n) is 5.75. The molecule has 3 unspecified atom stereocenters. The Bertz CT molecular complexity index is 1450. The van der Waals surface area contributed by atoms with Crippen molar-refractivity contribution in [2.75, 3.05) is 33.0 Å². The molecule has 0 saturated heterocycles. The van der Waals surface area contributed by atoms with E-state index < -0.39 is 45.8 Å². The maximum absolute atomic E-state index is 12.7. The Labute approximate surface area is 389 Å². The van der Waals surface area contributed by atoms with Crippen LogP contribution in [0.2, 0.25) is 0 Å². The summed E-state index contributed by atoms with van der Waals surface area (Å²) in [5.74, 6) is -0.420. The molecule has 0 heterocycles. The molecule has 0 spiro atoms. The summed E-state index contributed by atoms with van der Waals surface area (Å²) in [4.78, 5) is 22.7. The minimum atomic E-state index is -4.55. The van der Waals surface area contributed by atoms with Gasteiger partial charge in [0.25, 0.3) is 0 Å². The van der Waals surface area contributed by atoms with Crippen molar-refractivity contribution in [3.8, 4) is 0 Å². The van der Waals surface area contributed by atoms with Gasteiger partial charge in [0.1, 0.15) is 12.2 Å². The average molecular weight is 911 g/mol. The van der Waals surface area contributed by atoms with Gasteiger partial charge in [0.2, 0.25) is 0 Å². The number of hydrogen-bond acceptors (Lipinski definition) is 8. The number of ether oxygens (including phenoxy) is 2. The average Bonchev–Trinajstić information content (AvgIpc) is 3.29. The molecular weight excluding hydrogens is 824 g/mol. The molecule has 0 radical (unpaired) electrons. The van der Waals surface area contributed by atoms with E-state index >= 15 is 0 Å². The van der Waals surface area contributed by atoms with Crippen LogP contribution in [0.1, 0.15) is 155 Å². The normalized spacial score (nSPS) is 15.0. The van der Waals surface area contributed by atoms with Crippen molar-refractivity contribution in [1.82, 2.24) is 0 Å². The zero-order valence-electron chi connectivity index (χ0n) is 39.7. The van der Waals surface area contributed by atoms with Gasteiger partial charge in [-0.25, -0.2) is 4.57 Å². The number of aliphatic hydroxyl groups is 2. The van der Waals surface area contributed by atoms with Crippen LogP contribution in [-0.4, -0.2) is 66.3 Å². The zero-order chi connectivity index (χ0) is 46.7. The van der Waals surface area contributed by atoms with Gasteiger partial charge in [-0.1, -0.05) is 180 Å². The molecule has 64 heavy (non-hydrogen) atoms. The van der Waals surface area contributed by atoms with Crippen LogP contribution >= 0.6 is 7.82 Å². The third-order valence-electron chi connectivity index (χ3n) is 9.33. The van der Waals surface area contributed by atoms with Gasteiger partial charge in [0.15, 0.2) is 0 Å². The van der Waals surface area contributed by atoms with Crippen LogP contribution in [0.25, 0.3) is 0 Å². The van der Waals surface area contributed by atoms with Crippen LogP contribution in [0.3, 0.4) is 0 Å². The Morgan fingerprint density at radius 2 is 0.844 bits per heavy atom. The van der Waals surface area contributed by atoms with Gasteiger partial charge in [-0.2, -0.15) is 0 Å². The molecule has 0 fully saturated rings. The minimum absolute atomic E-state index is 0.00558. The van der Waals surface area contributed by atoms with Gasteiger partial charge in [-0.15, -0.1) is 0 Å². The van der Waals surface area contributed by atoms with E-state index in [0.29, 0.717) is 13.0 Å². The molecule has 0 aromatic heterocycles. The Balaban J connectivity index is 4.28. The van der Waals surface area contributed by atoms with Gasteiger partial charge in [-0.05, 0) is 103 Å². The van der Waals surface area contributed by atoms with Crippen molar-refractivity contribution in [3.63, 3.8) is 0 Å². The molecule has 0 aliphatic rings. The van der Waals surface area contributed by atoms with Gasteiger partial charge in [0.05, 0.1) is 26.4 Å². The first-order chi connectivity index (χ1) is 31.3. The number of aliphatic hydroxyl groups excluding tert-OH is 2. The Kier molecular flexibility index (Phi) is 46.4. The lowest BCUT2D eigenvalue weighted by Gasteiger charge is -2.20. The number of unbranched alkanes of at least 4 members (excludes halogenated alkanes) is 8. The monoisotopic (exact) mass is 911 g/mol. The van der Waals surface area contributed by atoms with E-state index in [1.165, 1.54) is 19.3 Å². The predicted molar refractivity (Wildman–Crippen MR) is 269 cm³/mol. The summed E-state index contributed by atoms with van der Waals surface area (Å²) in [6, 6.07) is 0. The lowest BCUT2D eigenvalue weighted by Crippen LogP contribution is -2.29. The molecule has 3 atom stereocenters. The molecule has 3 N–H and O–H groups in total. The lowest BCUT2D eigenvalue weighted by molar-refractivity contribution is -0.154. The summed E-state index contributed by atoms with van der Waals surface area (Å²) in [6.07, 6.45) is 67.1. The highest BCUT2D eigenvalue weighted by atomic mass is 31.2. The number of esters is 1. The Morgan fingerprint density at radius 3 is 1.27 bits per heavy atom. The first-order valence-electron chi connectivity index (χ1n) is 24.2. The van der Waals surface area contributed by atoms with Crippen molar-refractivity contribution in [2.45, 2.75) is 167 Å². The summed E-state index contributed by atoms with van der Waals surface area (Å²) in [5.41, 5.74) is 0. The fourth-order valence-corrected chi connectivity index (χ4v) is 6.54. The molecule has 0 saturated carbocycles. The van der Waals surface area contributed by atoms with E-state index in [0.717, 1.165) is 109 Å². The van der Waals surface area contributed by atoms with Crippen LogP contribution in [0.4, 0.5) is 0 Å². The van der Waals surface area contributed by atoms with E-state index in [-0.39, 0.29) is 13.0 Å². The van der Waals surface area contributed by atoms with Crippen molar-refractivity contribution in [2.24, 2.45) is 0 Å². The van der Waals surface area contributed by atoms with Crippen LogP contribution < -0.4 is 0 Å². The van der Waals surface area contributed by atoms with Gasteiger partial charge in [-0.3, -0.25) is 13.8 Å². The van der Waals surface area contributed by atoms with E-state index in [9.17, 15) is 19.4 Å². The number of hydrogen-bond donors (Lipinski definition) is 3. The van der Waals surface area contributed by atoms with Crippen molar-refractivity contribution < 1.29 is 43.0 Å². The van der Waals surface area contributed by atoms with Crippen molar-refractivity contribution in [3.05, 3.63) is 134 Å². The van der Waals surface area contributed by atoms with Crippen LogP contribution in [0, 0.1) is 0 Å². The third kappa shape index (κ3) is 48.1. The first kappa shape index (κ1) is 60.6. The Morgan fingerprint density at radius 1 is 0.484 bits per heavy atom. The highest BCUT2D eigenvalue weighted by molar-refractivity contribution is 7.47. The largest absolute Gasteiger partial charge is 0.472 e. The maximum Gasteiger partial charge on any atom is 0.472 e. The molecule has 0 bridgehead atoms. The fraction of sp³-hybridized carbons (Fsp3) is 0.574. The zero-order valence-corrected chi connectivity index (χ0v) is 40.6. The quantitative estimate of drug-likeness (QED) is 0.0237. The summed E-state index contributed by atoms with van der Waals surface area (Å²) in [6.45, 7) is 3.08. The first-order valence-corrected chi connectivity index (χ1v) is 25.7. The number of phosphoric acid groups is 1. The molecule has 0 aliphatic heterocycles. The van der Waals surface area contributed by atoms with E-state index in [4.69, 9.17) is 23.6 Å². The third-order valence-corrected chi connectivity index (χ3v) is 10.3. The molecule has 0 aromatic carbocycles.